The Morgan fingerprint density at radius 2 is 0.889 bits per heavy atom. The predicted octanol–water partition coefficient (Wildman–Crippen LogP) is 4.81. The van der Waals surface area contributed by atoms with Crippen molar-refractivity contribution in [3.05, 3.63) is 0 Å². The molecular formula is C18H42O7SiTi. The van der Waals surface area contributed by atoms with Crippen molar-refractivity contribution in [1.82, 2.24) is 0 Å². The maximum absolute atomic E-state index is 6.46. The fraction of sp³-hybridized carbons (Fsp3) is 1.00. The van der Waals surface area contributed by atoms with Crippen LogP contribution in [0, 0.1) is 0 Å². The van der Waals surface area contributed by atoms with Gasteiger partial charge in [-0.25, -0.2) is 0 Å². The molecule has 0 aliphatic carbocycles. The third-order valence-corrected chi connectivity index (χ3v) is 11.9. The van der Waals surface area contributed by atoms with Crippen molar-refractivity contribution in [3.8, 4) is 0 Å². The Morgan fingerprint density at radius 3 is 1.11 bits per heavy atom. The van der Waals surface area contributed by atoms with Gasteiger partial charge < -0.3 is 0 Å². The van der Waals surface area contributed by atoms with Gasteiger partial charge in [-0.05, 0) is 0 Å². The third kappa shape index (κ3) is 10.3. The van der Waals surface area contributed by atoms with Gasteiger partial charge in [0, 0.05) is 0 Å². The van der Waals surface area contributed by atoms with E-state index in [0.717, 1.165) is 19.3 Å². The molecule has 0 aliphatic rings. The third-order valence-electron chi connectivity index (χ3n) is 3.97. The van der Waals surface area contributed by atoms with E-state index < -0.39 is 27.2 Å². The molecule has 27 heavy (non-hydrogen) atoms. The molecule has 7 nitrogen and oxygen atoms in total. The molecule has 0 aromatic heterocycles. The van der Waals surface area contributed by atoms with Crippen molar-refractivity contribution in [2.75, 3.05) is 19.8 Å². The van der Waals surface area contributed by atoms with Gasteiger partial charge in [-0.3, -0.25) is 0 Å². The SMILES string of the molecule is CC[O][Ti]([O]CC)([O]CC)[O][Si](OC(C)CC)(OC(C)CC)OC(C)CC. The second-order valence-electron chi connectivity index (χ2n) is 6.41. The number of hydrogen-bond acceptors (Lipinski definition) is 7. The summed E-state index contributed by atoms with van der Waals surface area (Å²) in [5, 5.41) is 0. The van der Waals surface area contributed by atoms with Crippen molar-refractivity contribution in [2.45, 2.75) is 99.9 Å². The molecule has 3 atom stereocenters. The van der Waals surface area contributed by atoms with Crippen LogP contribution in [-0.4, -0.2) is 47.2 Å². The number of rotatable bonds is 17. The van der Waals surface area contributed by atoms with E-state index in [0.29, 0.717) is 19.8 Å². The van der Waals surface area contributed by atoms with Crippen molar-refractivity contribution < 1.29 is 44.4 Å². The van der Waals surface area contributed by atoms with E-state index in [1.165, 1.54) is 0 Å². The van der Waals surface area contributed by atoms with Crippen LogP contribution < -0.4 is 0 Å². The molecule has 0 aliphatic heterocycles. The van der Waals surface area contributed by atoms with Crippen LogP contribution in [0.2, 0.25) is 0 Å². The molecule has 0 amide bonds. The fourth-order valence-corrected chi connectivity index (χ4v) is 9.80. The molecule has 0 bridgehead atoms. The Labute approximate surface area is 173 Å². The Bertz CT molecular complexity index is 327. The Morgan fingerprint density at radius 1 is 0.593 bits per heavy atom. The molecule has 0 spiro atoms. The van der Waals surface area contributed by atoms with Gasteiger partial charge in [0.25, 0.3) is 0 Å². The molecule has 164 valence electrons. The molecule has 0 saturated carbocycles. The van der Waals surface area contributed by atoms with Crippen LogP contribution in [0.1, 0.15) is 81.6 Å². The zero-order chi connectivity index (χ0) is 20.9. The summed E-state index contributed by atoms with van der Waals surface area (Å²) >= 11 is -4.10. The average Bonchev–Trinajstić information content (AvgIpc) is 2.61. The minimum absolute atomic E-state index is 0.0882. The maximum atomic E-state index is 6.46. The van der Waals surface area contributed by atoms with E-state index in [1.54, 1.807) is 0 Å². The van der Waals surface area contributed by atoms with E-state index >= 15 is 0 Å². The standard InChI is InChI=1S/C12H27O4Si.3C2H5O.Ti/c1-7-10(4)14-17(13,15-11(5)8-2)16-12(6)9-3;3*1-2-3;/h10-12H,7-9H2,1-6H3;3*2H2,1H3;/q4*-1;+4. The molecule has 0 rings (SSSR count). The normalized spacial score (nSPS) is 18.1. The van der Waals surface area contributed by atoms with Gasteiger partial charge in [-0.2, -0.15) is 0 Å². The molecule has 0 N–H and O–H groups in total. The van der Waals surface area contributed by atoms with Gasteiger partial charge in [0.15, 0.2) is 0 Å². The first-order chi connectivity index (χ1) is 12.8. The minimum atomic E-state index is -4.10. The van der Waals surface area contributed by atoms with Crippen molar-refractivity contribution in [2.24, 2.45) is 0 Å². The summed E-state index contributed by atoms with van der Waals surface area (Å²) in [4.78, 5) is 0. The molecular weight excluding hydrogens is 404 g/mol. The van der Waals surface area contributed by atoms with Crippen LogP contribution in [0.4, 0.5) is 0 Å². The molecule has 0 aromatic carbocycles. The van der Waals surface area contributed by atoms with Gasteiger partial charge in [0.1, 0.15) is 0 Å². The van der Waals surface area contributed by atoms with E-state index in [9.17, 15) is 0 Å². The Hall–Kier alpha value is 0.651. The Balaban J connectivity index is 6.00. The molecule has 0 radical (unpaired) electrons. The Kier molecular flexibility index (Phi) is 15.0. The fourth-order valence-electron chi connectivity index (χ4n) is 2.04. The van der Waals surface area contributed by atoms with E-state index in [-0.39, 0.29) is 18.3 Å². The monoisotopic (exact) mass is 446 g/mol. The second kappa shape index (κ2) is 14.6. The van der Waals surface area contributed by atoms with Crippen molar-refractivity contribution >= 4 is 9.05 Å². The summed E-state index contributed by atoms with van der Waals surface area (Å²) in [7, 11) is -3.59. The molecule has 9 heteroatoms. The predicted molar refractivity (Wildman–Crippen MR) is 104 cm³/mol. The summed E-state index contributed by atoms with van der Waals surface area (Å²) in [6.07, 6.45) is 2.16. The zero-order valence-corrected chi connectivity index (χ0v) is 21.4. The van der Waals surface area contributed by atoms with Crippen LogP contribution in [0.5, 0.6) is 0 Å². The van der Waals surface area contributed by atoms with Crippen LogP contribution in [0.25, 0.3) is 0 Å². The zero-order valence-electron chi connectivity index (χ0n) is 18.8. The molecule has 0 aromatic rings. The topological polar surface area (TPSA) is 64.6 Å². The summed E-state index contributed by atoms with van der Waals surface area (Å²) < 4.78 is 43.2. The van der Waals surface area contributed by atoms with Gasteiger partial charge in [0.05, 0.1) is 0 Å². The van der Waals surface area contributed by atoms with E-state index in [2.05, 4.69) is 20.8 Å². The van der Waals surface area contributed by atoms with Gasteiger partial charge in [-0.15, -0.1) is 0 Å². The summed E-state index contributed by atoms with van der Waals surface area (Å²) in [6.45, 7) is 19.1. The van der Waals surface area contributed by atoms with Crippen LogP contribution >= 0.6 is 0 Å². The first kappa shape index (κ1) is 27.7. The van der Waals surface area contributed by atoms with Crippen molar-refractivity contribution in [3.63, 3.8) is 0 Å². The van der Waals surface area contributed by atoms with Gasteiger partial charge >= 0.3 is 173 Å². The quantitative estimate of drug-likeness (QED) is 0.297. The first-order valence-electron chi connectivity index (χ1n) is 10.4. The van der Waals surface area contributed by atoms with Gasteiger partial charge in [0.2, 0.25) is 0 Å². The van der Waals surface area contributed by atoms with Crippen LogP contribution in [0.15, 0.2) is 0 Å². The van der Waals surface area contributed by atoms with E-state index in [1.807, 2.05) is 41.5 Å². The first-order valence-corrected chi connectivity index (χ1v) is 14.6. The second-order valence-corrected chi connectivity index (χ2v) is 12.2. The van der Waals surface area contributed by atoms with Crippen molar-refractivity contribution in [1.29, 1.82) is 0 Å². The van der Waals surface area contributed by atoms with Crippen LogP contribution in [0.3, 0.4) is 0 Å². The summed E-state index contributed by atoms with van der Waals surface area (Å²) in [6, 6.07) is 0. The molecule has 0 heterocycles. The summed E-state index contributed by atoms with van der Waals surface area (Å²) in [5.74, 6) is 0. The molecule has 0 saturated heterocycles. The molecule has 3 unspecified atom stereocenters. The van der Waals surface area contributed by atoms with Gasteiger partial charge in [-0.1, -0.05) is 0 Å². The van der Waals surface area contributed by atoms with Crippen LogP contribution in [-0.2, 0) is 44.4 Å². The number of hydrogen-bond donors (Lipinski definition) is 0. The molecule has 0 fully saturated rings. The average molecular weight is 446 g/mol. The van der Waals surface area contributed by atoms with E-state index in [4.69, 9.17) is 26.2 Å². The summed E-state index contributed by atoms with van der Waals surface area (Å²) in [5.41, 5.74) is 0.